The Kier molecular flexibility index (Phi) is 8.00. The molecule has 0 aromatic heterocycles. The summed E-state index contributed by atoms with van der Waals surface area (Å²) in [5.41, 5.74) is 2.20. The summed E-state index contributed by atoms with van der Waals surface area (Å²) in [6.07, 6.45) is 2.87. The van der Waals surface area contributed by atoms with E-state index in [1.165, 1.54) is 16.1 Å². The van der Waals surface area contributed by atoms with Crippen molar-refractivity contribution in [1.29, 1.82) is 0 Å². The molecule has 1 unspecified atom stereocenters. The van der Waals surface area contributed by atoms with Crippen LogP contribution >= 0.6 is 0 Å². The third kappa shape index (κ3) is 7.53. The van der Waals surface area contributed by atoms with E-state index in [1.807, 2.05) is 67.6 Å². The number of amides is 1. The van der Waals surface area contributed by atoms with Gasteiger partial charge in [-0.3, -0.25) is 4.79 Å². The van der Waals surface area contributed by atoms with Gasteiger partial charge in [0.15, 0.2) is 0 Å². The van der Waals surface area contributed by atoms with Gasteiger partial charge in [-0.05, 0) is 30.9 Å². The lowest BCUT2D eigenvalue weighted by atomic mass is 10.1. The summed E-state index contributed by atoms with van der Waals surface area (Å²) in [7, 11) is -3.34. The predicted octanol–water partition coefficient (Wildman–Crippen LogP) is 3.15. The number of hydrogen-bond acceptors (Lipinski definition) is 3. The molecular weight excluding hydrogens is 360 g/mol. The van der Waals surface area contributed by atoms with Crippen LogP contribution in [0.5, 0.6) is 0 Å². The Morgan fingerprint density at radius 3 is 2.19 bits per heavy atom. The van der Waals surface area contributed by atoms with Gasteiger partial charge >= 0.3 is 0 Å². The monoisotopic (exact) mass is 388 g/mol. The van der Waals surface area contributed by atoms with Crippen molar-refractivity contribution in [3.8, 4) is 0 Å². The van der Waals surface area contributed by atoms with Crippen LogP contribution in [0.4, 0.5) is 0 Å². The van der Waals surface area contributed by atoms with E-state index in [1.54, 1.807) is 0 Å². The van der Waals surface area contributed by atoms with Gasteiger partial charge in [0, 0.05) is 19.5 Å². The first-order valence-corrected chi connectivity index (χ1v) is 11.0. The quantitative estimate of drug-likeness (QED) is 0.680. The second-order valence-electron chi connectivity index (χ2n) is 6.70. The molecule has 27 heavy (non-hydrogen) atoms. The van der Waals surface area contributed by atoms with Gasteiger partial charge in [0.2, 0.25) is 15.9 Å². The number of carbonyl (C=O) groups is 1. The summed E-state index contributed by atoms with van der Waals surface area (Å²) >= 11 is 0. The summed E-state index contributed by atoms with van der Waals surface area (Å²) in [5.74, 6) is -0.150. The van der Waals surface area contributed by atoms with E-state index in [-0.39, 0.29) is 24.9 Å². The average molecular weight is 389 g/mol. The minimum atomic E-state index is -3.34. The maximum absolute atomic E-state index is 12.2. The molecule has 0 fully saturated rings. The molecule has 0 saturated heterocycles. The molecule has 0 saturated carbocycles. The number of nitrogens with zero attached hydrogens (tertiary/aromatic N) is 1. The molecule has 1 amide bonds. The molecule has 1 atom stereocenters. The fourth-order valence-electron chi connectivity index (χ4n) is 2.91. The van der Waals surface area contributed by atoms with Crippen LogP contribution in [0.25, 0.3) is 0 Å². The lowest BCUT2D eigenvalue weighted by molar-refractivity contribution is -0.121. The number of sulfonamides is 1. The van der Waals surface area contributed by atoms with E-state index < -0.39 is 10.0 Å². The Hall–Kier alpha value is -2.18. The zero-order valence-electron chi connectivity index (χ0n) is 16.0. The molecule has 146 valence electrons. The molecule has 0 radical (unpaired) electrons. The zero-order valence-corrected chi connectivity index (χ0v) is 16.8. The fraction of sp³-hybridized carbons (Fsp3) is 0.381. The molecule has 0 heterocycles. The summed E-state index contributed by atoms with van der Waals surface area (Å²) in [4.78, 5) is 12.2. The summed E-state index contributed by atoms with van der Waals surface area (Å²) < 4.78 is 25.4. The molecule has 2 aromatic carbocycles. The van der Waals surface area contributed by atoms with Gasteiger partial charge in [0.1, 0.15) is 0 Å². The van der Waals surface area contributed by atoms with Gasteiger partial charge in [-0.2, -0.15) is 0 Å². The molecule has 0 bridgehead atoms. The van der Waals surface area contributed by atoms with Crippen molar-refractivity contribution >= 4 is 15.9 Å². The van der Waals surface area contributed by atoms with Gasteiger partial charge in [-0.15, -0.1) is 0 Å². The standard InChI is InChI=1S/C21H28N2O3S/c1-18(20-13-7-4-8-14-20)22-21(24)15-17-23(27(2,25)26)16-9-12-19-10-5-3-6-11-19/h3-8,10-11,13-14,18H,9,12,15-17H2,1-2H3,(H,22,24). The van der Waals surface area contributed by atoms with Crippen LogP contribution in [0.1, 0.15) is 36.9 Å². The van der Waals surface area contributed by atoms with E-state index in [0.29, 0.717) is 6.54 Å². The Morgan fingerprint density at radius 1 is 1.00 bits per heavy atom. The van der Waals surface area contributed by atoms with Crippen molar-refractivity contribution in [3.05, 3.63) is 71.8 Å². The molecule has 2 rings (SSSR count). The summed E-state index contributed by atoms with van der Waals surface area (Å²) in [6, 6.07) is 19.6. The van der Waals surface area contributed by atoms with Gasteiger partial charge in [0.25, 0.3) is 0 Å². The highest BCUT2D eigenvalue weighted by Gasteiger charge is 2.18. The van der Waals surface area contributed by atoms with Crippen molar-refractivity contribution in [3.63, 3.8) is 0 Å². The number of rotatable bonds is 10. The third-order valence-corrected chi connectivity index (χ3v) is 5.75. The smallest absolute Gasteiger partial charge is 0.221 e. The molecular formula is C21H28N2O3S. The number of hydrogen-bond donors (Lipinski definition) is 1. The lowest BCUT2D eigenvalue weighted by Gasteiger charge is -2.20. The lowest BCUT2D eigenvalue weighted by Crippen LogP contribution is -2.36. The average Bonchev–Trinajstić information content (AvgIpc) is 2.65. The minimum Gasteiger partial charge on any atom is -0.350 e. The van der Waals surface area contributed by atoms with E-state index in [2.05, 4.69) is 5.32 Å². The Labute approximate surface area is 162 Å². The molecule has 6 heteroatoms. The normalized spacial score (nSPS) is 12.7. The Morgan fingerprint density at radius 2 is 1.59 bits per heavy atom. The Balaban J connectivity index is 1.82. The van der Waals surface area contributed by atoms with Crippen LogP contribution in [0.15, 0.2) is 60.7 Å². The van der Waals surface area contributed by atoms with Gasteiger partial charge < -0.3 is 5.32 Å². The zero-order chi connectivity index (χ0) is 19.7. The van der Waals surface area contributed by atoms with E-state index in [9.17, 15) is 13.2 Å². The van der Waals surface area contributed by atoms with E-state index >= 15 is 0 Å². The molecule has 1 N–H and O–H groups in total. The first-order valence-electron chi connectivity index (χ1n) is 9.19. The Bertz CT molecular complexity index is 808. The summed E-state index contributed by atoms with van der Waals surface area (Å²) in [6.45, 7) is 2.53. The highest BCUT2D eigenvalue weighted by Crippen LogP contribution is 2.12. The third-order valence-electron chi connectivity index (χ3n) is 4.45. The fourth-order valence-corrected chi connectivity index (χ4v) is 3.80. The first-order chi connectivity index (χ1) is 12.9. The van der Waals surface area contributed by atoms with Crippen LogP contribution in [0, 0.1) is 0 Å². The highest BCUT2D eigenvalue weighted by molar-refractivity contribution is 7.88. The number of carbonyl (C=O) groups excluding carboxylic acids is 1. The summed E-state index contributed by atoms with van der Waals surface area (Å²) in [5, 5.41) is 2.92. The van der Waals surface area contributed by atoms with Crippen molar-refractivity contribution in [1.82, 2.24) is 9.62 Å². The molecule has 0 aliphatic carbocycles. The second-order valence-corrected chi connectivity index (χ2v) is 8.68. The topological polar surface area (TPSA) is 66.5 Å². The predicted molar refractivity (Wildman–Crippen MR) is 109 cm³/mol. The number of benzene rings is 2. The maximum atomic E-state index is 12.2. The minimum absolute atomic E-state index is 0.108. The maximum Gasteiger partial charge on any atom is 0.221 e. The highest BCUT2D eigenvalue weighted by atomic mass is 32.2. The SMILES string of the molecule is CC(NC(=O)CCN(CCCc1ccccc1)S(C)(=O)=O)c1ccccc1. The van der Waals surface area contributed by atoms with Crippen LogP contribution < -0.4 is 5.32 Å². The number of nitrogens with one attached hydrogen (secondary N) is 1. The first kappa shape index (κ1) is 21.1. The van der Waals surface area contributed by atoms with Crippen molar-refractivity contribution < 1.29 is 13.2 Å². The van der Waals surface area contributed by atoms with E-state index in [0.717, 1.165) is 18.4 Å². The van der Waals surface area contributed by atoms with Gasteiger partial charge in [-0.1, -0.05) is 60.7 Å². The van der Waals surface area contributed by atoms with Crippen molar-refractivity contribution in [2.45, 2.75) is 32.2 Å². The largest absolute Gasteiger partial charge is 0.350 e. The molecule has 0 aliphatic heterocycles. The second kappa shape index (κ2) is 10.2. The van der Waals surface area contributed by atoms with E-state index in [4.69, 9.17) is 0 Å². The number of aryl methyl sites for hydroxylation is 1. The molecule has 2 aromatic rings. The molecule has 5 nitrogen and oxygen atoms in total. The van der Waals surface area contributed by atoms with Crippen molar-refractivity contribution in [2.24, 2.45) is 0 Å². The molecule has 0 spiro atoms. The van der Waals surface area contributed by atoms with Crippen LogP contribution in [-0.2, 0) is 21.2 Å². The van der Waals surface area contributed by atoms with Crippen LogP contribution in [0.2, 0.25) is 0 Å². The van der Waals surface area contributed by atoms with Crippen LogP contribution in [0.3, 0.4) is 0 Å². The van der Waals surface area contributed by atoms with Gasteiger partial charge in [-0.25, -0.2) is 12.7 Å². The van der Waals surface area contributed by atoms with Crippen LogP contribution in [-0.4, -0.2) is 38.0 Å². The van der Waals surface area contributed by atoms with Crippen molar-refractivity contribution in [2.75, 3.05) is 19.3 Å². The molecule has 0 aliphatic rings. The van der Waals surface area contributed by atoms with Gasteiger partial charge in [0.05, 0.1) is 12.3 Å².